The minimum Gasteiger partial charge on any atom is -0.462 e. The number of rotatable bonds is 4. The molecule has 0 spiro atoms. The molecule has 0 aliphatic carbocycles. The minimum atomic E-state index is -0.380. The van der Waals surface area contributed by atoms with Crippen molar-refractivity contribution in [3.63, 3.8) is 0 Å². The lowest BCUT2D eigenvalue weighted by Crippen LogP contribution is -2.53. The summed E-state index contributed by atoms with van der Waals surface area (Å²) in [5.74, 6) is -0.444. The van der Waals surface area contributed by atoms with Gasteiger partial charge in [0.1, 0.15) is 0 Å². The maximum Gasteiger partial charge on any atom is 0.338 e. The number of esters is 1. The zero-order valence-electron chi connectivity index (χ0n) is 13.4. The highest BCUT2D eigenvalue weighted by Crippen LogP contribution is 2.30. The Balaban J connectivity index is 2.08. The molecule has 1 amide bonds. The van der Waals surface area contributed by atoms with Crippen molar-refractivity contribution in [3.05, 3.63) is 29.8 Å². The molecule has 1 heterocycles. The lowest BCUT2D eigenvalue weighted by Gasteiger charge is -2.38. The van der Waals surface area contributed by atoms with E-state index in [1.165, 1.54) is 0 Å². The summed E-state index contributed by atoms with van der Waals surface area (Å²) in [7, 11) is 0. The topological polar surface area (TPSA) is 67.4 Å². The number of hydrogen-bond donors (Lipinski definition) is 2. The first kappa shape index (κ1) is 16.5. The van der Waals surface area contributed by atoms with Crippen molar-refractivity contribution < 1.29 is 14.3 Å². The Bertz CT molecular complexity index is 555. The maximum atomic E-state index is 12.5. The van der Waals surface area contributed by atoms with E-state index in [2.05, 4.69) is 24.5 Å². The monoisotopic (exact) mass is 304 g/mol. The Morgan fingerprint density at radius 3 is 2.86 bits per heavy atom. The summed E-state index contributed by atoms with van der Waals surface area (Å²) in [5, 5.41) is 6.18. The third-order valence-electron chi connectivity index (χ3n) is 4.03. The molecule has 1 atom stereocenters. The second-order valence-electron chi connectivity index (χ2n) is 6.27. The van der Waals surface area contributed by atoms with Crippen LogP contribution in [-0.4, -0.2) is 31.1 Å². The number of nitrogens with one attached hydrogen (secondary N) is 2. The van der Waals surface area contributed by atoms with E-state index in [0.29, 0.717) is 17.9 Å². The first-order chi connectivity index (χ1) is 10.4. The predicted octanol–water partition coefficient (Wildman–Crippen LogP) is 2.58. The standard InChI is InChI=1S/C17H24N2O3/c1-4-22-16(21)12-7-5-8-13(11-12)19-15(20)14-17(2,3)9-6-10-18-14/h5,7-8,11,14,18H,4,6,9-10H2,1-3H3,(H,19,20). The fourth-order valence-electron chi connectivity index (χ4n) is 2.81. The van der Waals surface area contributed by atoms with Gasteiger partial charge in [0, 0.05) is 5.69 Å². The molecular formula is C17H24N2O3. The molecule has 2 N–H and O–H groups in total. The third kappa shape index (κ3) is 3.85. The van der Waals surface area contributed by atoms with Crippen molar-refractivity contribution in [1.29, 1.82) is 0 Å². The molecular weight excluding hydrogens is 280 g/mol. The molecule has 2 rings (SSSR count). The van der Waals surface area contributed by atoms with Crippen molar-refractivity contribution >= 4 is 17.6 Å². The maximum absolute atomic E-state index is 12.5. The largest absolute Gasteiger partial charge is 0.462 e. The van der Waals surface area contributed by atoms with Crippen LogP contribution in [-0.2, 0) is 9.53 Å². The molecule has 120 valence electrons. The molecule has 1 aromatic rings. The number of carbonyl (C=O) groups is 2. The molecule has 1 saturated heterocycles. The number of benzene rings is 1. The van der Waals surface area contributed by atoms with Crippen LogP contribution in [0.5, 0.6) is 0 Å². The van der Waals surface area contributed by atoms with Crippen LogP contribution < -0.4 is 10.6 Å². The fraction of sp³-hybridized carbons (Fsp3) is 0.529. The Morgan fingerprint density at radius 1 is 1.41 bits per heavy atom. The molecule has 0 aromatic heterocycles. The summed E-state index contributed by atoms with van der Waals surface area (Å²) in [5.41, 5.74) is 0.968. The van der Waals surface area contributed by atoms with Crippen LogP contribution in [0.15, 0.2) is 24.3 Å². The number of ether oxygens (including phenoxy) is 1. The Kier molecular flexibility index (Phi) is 5.19. The zero-order valence-corrected chi connectivity index (χ0v) is 13.4. The number of carbonyl (C=O) groups excluding carboxylic acids is 2. The van der Waals surface area contributed by atoms with Crippen molar-refractivity contribution in [1.82, 2.24) is 5.32 Å². The van der Waals surface area contributed by atoms with Gasteiger partial charge in [0.25, 0.3) is 0 Å². The van der Waals surface area contributed by atoms with Gasteiger partial charge in [-0.3, -0.25) is 4.79 Å². The minimum absolute atomic E-state index is 0.0642. The van der Waals surface area contributed by atoms with Gasteiger partial charge in [-0.05, 0) is 49.9 Å². The summed E-state index contributed by atoms with van der Waals surface area (Å²) in [6.45, 7) is 7.14. The Hall–Kier alpha value is -1.88. The summed E-state index contributed by atoms with van der Waals surface area (Å²) >= 11 is 0. The lowest BCUT2D eigenvalue weighted by molar-refractivity contribution is -0.121. The van der Waals surface area contributed by atoms with E-state index in [9.17, 15) is 9.59 Å². The molecule has 0 bridgehead atoms. The highest BCUT2D eigenvalue weighted by molar-refractivity contribution is 5.97. The first-order valence-corrected chi connectivity index (χ1v) is 7.75. The SMILES string of the molecule is CCOC(=O)c1cccc(NC(=O)C2NCCCC2(C)C)c1. The number of anilines is 1. The second kappa shape index (κ2) is 6.92. The van der Waals surface area contributed by atoms with E-state index in [4.69, 9.17) is 4.74 Å². The third-order valence-corrected chi connectivity index (χ3v) is 4.03. The summed E-state index contributed by atoms with van der Waals surface area (Å²) in [4.78, 5) is 24.2. The van der Waals surface area contributed by atoms with Crippen LogP contribution in [0.25, 0.3) is 0 Å². The number of amides is 1. The van der Waals surface area contributed by atoms with Gasteiger partial charge >= 0.3 is 5.97 Å². The van der Waals surface area contributed by atoms with Gasteiger partial charge in [0.2, 0.25) is 5.91 Å². The number of piperidine rings is 1. The molecule has 22 heavy (non-hydrogen) atoms. The normalized spacial score (nSPS) is 20.2. The second-order valence-corrected chi connectivity index (χ2v) is 6.27. The van der Waals surface area contributed by atoms with E-state index < -0.39 is 0 Å². The van der Waals surface area contributed by atoms with Crippen molar-refractivity contribution in [2.45, 2.75) is 39.7 Å². The molecule has 0 radical (unpaired) electrons. The van der Waals surface area contributed by atoms with Crippen LogP contribution in [0.2, 0.25) is 0 Å². The quantitative estimate of drug-likeness (QED) is 0.839. The van der Waals surface area contributed by atoms with Crippen molar-refractivity contribution in [3.8, 4) is 0 Å². The summed E-state index contributed by atoms with van der Waals surface area (Å²) in [6, 6.07) is 6.60. The predicted molar refractivity (Wildman–Crippen MR) is 85.8 cm³/mol. The fourth-order valence-corrected chi connectivity index (χ4v) is 2.81. The molecule has 5 nitrogen and oxygen atoms in total. The van der Waals surface area contributed by atoms with Crippen molar-refractivity contribution in [2.75, 3.05) is 18.5 Å². The molecule has 1 unspecified atom stereocenters. The zero-order chi connectivity index (χ0) is 16.2. The average molecular weight is 304 g/mol. The average Bonchev–Trinajstić information content (AvgIpc) is 2.47. The van der Waals surface area contributed by atoms with E-state index in [-0.39, 0.29) is 23.3 Å². The molecule has 1 aromatic carbocycles. The van der Waals surface area contributed by atoms with Crippen molar-refractivity contribution in [2.24, 2.45) is 5.41 Å². The Labute approximate surface area is 131 Å². The van der Waals surface area contributed by atoms with Crippen LogP contribution in [0.3, 0.4) is 0 Å². The smallest absolute Gasteiger partial charge is 0.338 e. The summed E-state index contributed by atoms with van der Waals surface area (Å²) in [6.07, 6.45) is 2.09. The van der Waals surface area contributed by atoms with Gasteiger partial charge in [0.05, 0.1) is 18.2 Å². The van der Waals surface area contributed by atoms with Gasteiger partial charge < -0.3 is 15.4 Å². The van der Waals surface area contributed by atoms with Crippen LogP contribution >= 0.6 is 0 Å². The molecule has 1 aliphatic heterocycles. The molecule has 1 fully saturated rings. The van der Waals surface area contributed by atoms with Gasteiger partial charge in [-0.25, -0.2) is 4.79 Å². The molecule has 5 heteroatoms. The Morgan fingerprint density at radius 2 is 2.18 bits per heavy atom. The van der Waals surface area contributed by atoms with Crippen LogP contribution in [0, 0.1) is 5.41 Å². The van der Waals surface area contributed by atoms with E-state index >= 15 is 0 Å². The van der Waals surface area contributed by atoms with E-state index in [1.54, 1.807) is 31.2 Å². The van der Waals surface area contributed by atoms with Gasteiger partial charge in [-0.2, -0.15) is 0 Å². The van der Waals surface area contributed by atoms with Gasteiger partial charge in [-0.1, -0.05) is 19.9 Å². The molecule has 1 aliphatic rings. The highest BCUT2D eigenvalue weighted by Gasteiger charge is 2.37. The van der Waals surface area contributed by atoms with E-state index in [1.807, 2.05) is 0 Å². The summed E-state index contributed by atoms with van der Waals surface area (Å²) < 4.78 is 4.97. The number of hydrogen-bond acceptors (Lipinski definition) is 4. The van der Waals surface area contributed by atoms with Crippen LogP contribution in [0.1, 0.15) is 44.0 Å². The highest BCUT2D eigenvalue weighted by atomic mass is 16.5. The first-order valence-electron chi connectivity index (χ1n) is 7.75. The van der Waals surface area contributed by atoms with Gasteiger partial charge in [0.15, 0.2) is 0 Å². The van der Waals surface area contributed by atoms with E-state index in [0.717, 1.165) is 19.4 Å². The molecule has 0 saturated carbocycles. The van der Waals surface area contributed by atoms with Gasteiger partial charge in [-0.15, -0.1) is 0 Å². The van der Waals surface area contributed by atoms with Crippen LogP contribution in [0.4, 0.5) is 5.69 Å². The lowest BCUT2D eigenvalue weighted by atomic mass is 9.77.